The van der Waals surface area contributed by atoms with Crippen molar-refractivity contribution in [1.29, 1.82) is 0 Å². The smallest absolute Gasteiger partial charge is 0.200 e. The summed E-state index contributed by atoms with van der Waals surface area (Å²) in [5.41, 5.74) is 0.716. The first-order valence-corrected chi connectivity index (χ1v) is 7.85. The maximum Gasteiger partial charge on any atom is 0.200 e. The van der Waals surface area contributed by atoms with E-state index in [-0.39, 0.29) is 12.1 Å². The van der Waals surface area contributed by atoms with Crippen molar-refractivity contribution in [1.82, 2.24) is 30.2 Å². The molecular weight excluding hydrogens is 282 g/mol. The SMILES string of the molecule is CN(CCO)C1(CNc2ccc3nnnn3n2)CCCCC1. The van der Waals surface area contributed by atoms with E-state index >= 15 is 0 Å². The Balaban J connectivity index is 1.72. The van der Waals surface area contributed by atoms with Gasteiger partial charge in [-0.25, -0.2) is 0 Å². The molecule has 0 unspecified atom stereocenters. The molecule has 0 saturated heterocycles. The van der Waals surface area contributed by atoms with Crippen LogP contribution >= 0.6 is 0 Å². The van der Waals surface area contributed by atoms with Gasteiger partial charge in [0.1, 0.15) is 5.82 Å². The second-order valence-electron chi connectivity index (χ2n) is 6.03. The Morgan fingerprint density at radius 1 is 1.32 bits per heavy atom. The summed E-state index contributed by atoms with van der Waals surface area (Å²) in [7, 11) is 2.10. The summed E-state index contributed by atoms with van der Waals surface area (Å²) < 4.78 is 1.42. The van der Waals surface area contributed by atoms with Gasteiger partial charge in [-0.05, 0) is 42.4 Å². The number of β-amino-alcohol motifs (C(OH)–C–C–N with tert-alkyl or cyclic N) is 1. The number of aliphatic hydroxyl groups excluding tert-OH is 1. The normalized spacial score (nSPS) is 18.0. The van der Waals surface area contributed by atoms with E-state index in [0.29, 0.717) is 12.2 Å². The summed E-state index contributed by atoms with van der Waals surface area (Å²) in [6.07, 6.45) is 6.05. The molecule has 2 aromatic rings. The van der Waals surface area contributed by atoms with Crippen molar-refractivity contribution < 1.29 is 5.11 Å². The Morgan fingerprint density at radius 3 is 2.91 bits per heavy atom. The molecule has 8 nitrogen and oxygen atoms in total. The first-order chi connectivity index (χ1) is 10.7. The lowest BCUT2D eigenvalue weighted by molar-refractivity contribution is 0.0690. The summed E-state index contributed by atoms with van der Waals surface area (Å²) in [6.45, 7) is 1.69. The average molecular weight is 305 g/mol. The monoisotopic (exact) mass is 305 g/mol. The van der Waals surface area contributed by atoms with Crippen molar-refractivity contribution in [2.24, 2.45) is 0 Å². The van der Waals surface area contributed by atoms with Crippen molar-refractivity contribution >= 4 is 11.5 Å². The Kier molecular flexibility index (Phi) is 4.49. The number of rotatable bonds is 6. The lowest BCUT2D eigenvalue weighted by atomic mass is 9.80. The maximum atomic E-state index is 9.26. The lowest BCUT2D eigenvalue weighted by Crippen LogP contribution is -2.53. The molecular formula is C14H23N7O. The van der Waals surface area contributed by atoms with Gasteiger partial charge in [-0.3, -0.25) is 4.90 Å². The van der Waals surface area contributed by atoms with Crippen LogP contribution in [0.25, 0.3) is 5.65 Å². The molecule has 1 aliphatic rings. The van der Waals surface area contributed by atoms with Gasteiger partial charge in [0.05, 0.1) is 6.61 Å². The number of hydrogen-bond donors (Lipinski definition) is 2. The van der Waals surface area contributed by atoms with Crippen molar-refractivity contribution in [2.45, 2.75) is 37.6 Å². The summed E-state index contributed by atoms with van der Waals surface area (Å²) >= 11 is 0. The molecule has 2 N–H and O–H groups in total. The number of aromatic nitrogens is 5. The van der Waals surface area contributed by atoms with Gasteiger partial charge in [-0.2, -0.15) is 0 Å². The molecule has 0 amide bonds. The molecule has 8 heteroatoms. The number of aliphatic hydroxyl groups is 1. The quantitative estimate of drug-likeness (QED) is 0.805. The maximum absolute atomic E-state index is 9.26. The van der Waals surface area contributed by atoms with Crippen LogP contribution in [-0.2, 0) is 0 Å². The molecule has 0 aromatic carbocycles. The zero-order valence-corrected chi connectivity index (χ0v) is 12.9. The molecule has 120 valence electrons. The molecule has 0 radical (unpaired) electrons. The van der Waals surface area contributed by atoms with E-state index in [1.807, 2.05) is 12.1 Å². The zero-order chi connectivity index (χ0) is 15.4. The first-order valence-electron chi connectivity index (χ1n) is 7.85. The van der Waals surface area contributed by atoms with E-state index in [1.54, 1.807) is 0 Å². The van der Waals surface area contributed by atoms with Crippen LogP contribution in [0.5, 0.6) is 0 Å². The van der Waals surface area contributed by atoms with Gasteiger partial charge in [-0.1, -0.05) is 19.3 Å². The standard InChI is InChI=1S/C14H23N7O/c1-20(9-10-22)14(7-3-2-4-8-14)11-15-12-5-6-13-16-18-19-21(13)17-12/h5-6,22H,2-4,7-11H2,1H3,(H,15,17). The highest BCUT2D eigenvalue weighted by atomic mass is 16.3. The minimum Gasteiger partial charge on any atom is -0.395 e. The van der Waals surface area contributed by atoms with Crippen molar-refractivity contribution in [3.05, 3.63) is 12.1 Å². The fourth-order valence-electron chi connectivity index (χ4n) is 3.29. The fourth-order valence-corrected chi connectivity index (χ4v) is 3.29. The number of nitrogens with zero attached hydrogens (tertiary/aromatic N) is 6. The van der Waals surface area contributed by atoms with Crippen LogP contribution in [0.1, 0.15) is 32.1 Å². The first kappa shape index (κ1) is 15.1. The largest absolute Gasteiger partial charge is 0.395 e. The van der Waals surface area contributed by atoms with Crippen molar-refractivity contribution in [3.8, 4) is 0 Å². The van der Waals surface area contributed by atoms with E-state index < -0.39 is 0 Å². The van der Waals surface area contributed by atoms with Crippen molar-refractivity contribution in [3.63, 3.8) is 0 Å². The predicted octanol–water partition coefficient (Wildman–Crippen LogP) is 0.558. The Morgan fingerprint density at radius 2 is 2.14 bits per heavy atom. The predicted molar refractivity (Wildman–Crippen MR) is 82.6 cm³/mol. The number of tetrazole rings is 1. The highest BCUT2D eigenvalue weighted by Gasteiger charge is 2.35. The van der Waals surface area contributed by atoms with E-state index in [1.165, 1.54) is 23.9 Å². The third-order valence-corrected chi connectivity index (χ3v) is 4.70. The van der Waals surface area contributed by atoms with Crippen LogP contribution in [-0.4, -0.2) is 67.5 Å². The molecule has 0 bridgehead atoms. The van der Waals surface area contributed by atoms with Crippen LogP contribution in [0.15, 0.2) is 12.1 Å². The molecule has 2 aromatic heterocycles. The lowest BCUT2D eigenvalue weighted by Gasteiger charge is -2.44. The van der Waals surface area contributed by atoms with Gasteiger partial charge in [0.2, 0.25) is 0 Å². The highest BCUT2D eigenvalue weighted by Crippen LogP contribution is 2.33. The topological polar surface area (TPSA) is 91.5 Å². The fraction of sp³-hybridized carbons (Fsp3) is 0.714. The van der Waals surface area contributed by atoms with E-state index in [0.717, 1.165) is 25.2 Å². The molecule has 0 spiro atoms. The van der Waals surface area contributed by atoms with Crippen LogP contribution in [0.4, 0.5) is 5.82 Å². The van der Waals surface area contributed by atoms with Gasteiger partial charge in [0.15, 0.2) is 5.65 Å². The Hall–Kier alpha value is -1.80. The van der Waals surface area contributed by atoms with E-state index in [4.69, 9.17) is 0 Å². The molecule has 1 fully saturated rings. The summed E-state index contributed by atoms with van der Waals surface area (Å²) in [4.78, 5) is 2.29. The second-order valence-corrected chi connectivity index (χ2v) is 6.03. The van der Waals surface area contributed by atoms with Gasteiger partial charge < -0.3 is 10.4 Å². The third-order valence-electron chi connectivity index (χ3n) is 4.70. The zero-order valence-electron chi connectivity index (χ0n) is 12.9. The van der Waals surface area contributed by atoms with E-state index in [9.17, 15) is 5.11 Å². The van der Waals surface area contributed by atoms with Crippen LogP contribution in [0.3, 0.4) is 0 Å². The molecule has 22 heavy (non-hydrogen) atoms. The summed E-state index contributed by atoms with van der Waals surface area (Å²) in [5, 5.41) is 28.3. The molecule has 1 saturated carbocycles. The molecule has 3 rings (SSSR count). The average Bonchev–Trinajstić information content (AvgIpc) is 3.01. The second kappa shape index (κ2) is 6.53. The molecule has 2 heterocycles. The van der Waals surface area contributed by atoms with Gasteiger partial charge in [0, 0.05) is 18.6 Å². The molecule has 1 aliphatic carbocycles. The Bertz CT molecular complexity index is 608. The Labute approximate surface area is 129 Å². The van der Waals surface area contributed by atoms with Crippen molar-refractivity contribution in [2.75, 3.05) is 32.1 Å². The minimum atomic E-state index is 0.0816. The van der Waals surface area contributed by atoms with E-state index in [2.05, 4.69) is 37.9 Å². The van der Waals surface area contributed by atoms with Crippen LogP contribution < -0.4 is 5.32 Å². The number of fused-ring (bicyclic) bond motifs is 1. The van der Waals surface area contributed by atoms with Gasteiger partial charge in [-0.15, -0.1) is 14.8 Å². The highest BCUT2D eigenvalue weighted by molar-refractivity contribution is 5.42. The third kappa shape index (κ3) is 3.02. The number of likely N-dealkylation sites (N-methyl/N-ethyl adjacent to an activating group) is 1. The van der Waals surface area contributed by atoms with Gasteiger partial charge in [0.25, 0.3) is 0 Å². The summed E-state index contributed by atoms with van der Waals surface area (Å²) in [5.74, 6) is 0.766. The number of nitrogens with one attached hydrogen (secondary N) is 1. The number of hydrogen-bond acceptors (Lipinski definition) is 7. The van der Waals surface area contributed by atoms with Gasteiger partial charge >= 0.3 is 0 Å². The molecule has 0 atom stereocenters. The number of anilines is 1. The van der Waals surface area contributed by atoms with Crippen LogP contribution in [0, 0.1) is 0 Å². The molecule has 0 aliphatic heterocycles. The minimum absolute atomic E-state index is 0.0816. The van der Waals surface area contributed by atoms with Crippen LogP contribution in [0.2, 0.25) is 0 Å². The summed E-state index contributed by atoms with van der Waals surface area (Å²) in [6, 6.07) is 3.74.